The van der Waals surface area contributed by atoms with Crippen molar-refractivity contribution in [1.29, 1.82) is 0 Å². The van der Waals surface area contributed by atoms with Crippen LogP contribution >= 0.6 is 0 Å². The number of nitrogens with zero attached hydrogens (tertiary/aromatic N) is 1. The van der Waals surface area contributed by atoms with E-state index in [1.165, 1.54) is 6.07 Å². The standard InChI is InChI=1S/C13H18F2N2O/c14-13(15)11-6-10(16)3-4-12(11)17-5-1-2-9(7-17)8-18/h3-4,6,9,13,18H,1-2,5,7-8,16H2. The van der Waals surface area contributed by atoms with E-state index in [1.54, 1.807) is 12.1 Å². The lowest BCUT2D eigenvalue weighted by Gasteiger charge is -2.34. The van der Waals surface area contributed by atoms with E-state index in [0.717, 1.165) is 19.4 Å². The van der Waals surface area contributed by atoms with Gasteiger partial charge in [0.05, 0.1) is 0 Å². The van der Waals surface area contributed by atoms with Crippen LogP contribution in [0.5, 0.6) is 0 Å². The van der Waals surface area contributed by atoms with Crippen molar-refractivity contribution in [1.82, 2.24) is 0 Å². The summed E-state index contributed by atoms with van der Waals surface area (Å²) < 4.78 is 26.0. The van der Waals surface area contributed by atoms with E-state index < -0.39 is 6.43 Å². The van der Waals surface area contributed by atoms with Gasteiger partial charge in [0.2, 0.25) is 0 Å². The van der Waals surface area contributed by atoms with E-state index in [9.17, 15) is 13.9 Å². The van der Waals surface area contributed by atoms with E-state index in [2.05, 4.69) is 0 Å². The third kappa shape index (κ3) is 2.72. The van der Waals surface area contributed by atoms with Crippen LogP contribution in [-0.2, 0) is 0 Å². The molecule has 100 valence electrons. The maximum Gasteiger partial charge on any atom is 0.265 e. The van der Waals surface area contributed by atoms with Crippen LogP contribution in [0.15, 0.2) is 18.2 Å². The molecule has 3 nitrogen and oxygen atoms in total. The van der Waals surface area contributed by atoms with Crippen LogP contribution < -0.4 is 10.6 Å². The molecule has 1 aliphatic heterocycles. The monoisotopic (exact) mass is 256 g/mol. The summed E-state index contributed by atoms with van der Waals surface area (Å²) in [5, 5.41) is 9.18. The van der Waals surface area contributed by atoms with Crippen LogP contribution in [0.4, 0.5) is 20.2 Å². The average Bonchev–Trinajstić information content (AvgIpc) is 2.38. The second-order valence-corrected chi connectivity index (χ2v) is 4.76. The van der Waals surface area contributed by atoms with Crippen LogP contribution in [0, 0.1) is 5.92 Å². The molecule has 1 aliphatic rings. The zero-order chi connectivity index (χ0) is 13.1. The van der Waals surface area contributed by atoms with Crippen LogP contribution in [-0.4, -0.2) is 24.8 Å². The maximum absolute atomic E-state index is 13.0. The average molecular weight is 256 g/mol. The normalized spacial score (nSPS) is 20.4. The number of aliphatic hydroxyl groups is 1. The number of nitrogen functional groups attached to an aromatic ring is 1. The number of hydrogen-bond acceptors (Lipinski definition) is 3. The number of anilines is 2. The molecule has 0 aromatic heterocycles. The molecular formula is C13H18F2N2O. The first-order valence-corrected chi connectivity index (χ1v) is 6.15. The van der Waals surface area contributed by atoms with Crippen molar-refractivity contribution in [2.75, 3.05) is 30.3 Å². The van der Waals surface area contributed by atoms with Crippen LogP contribution in [0.1, 0.15) is 24.8 Å². The summed E-state index contributed by atoms with van der Waals surface area (Å²) in [6, 6.07) is 4.63. The fourth-order valence-electron chi connectivity index (χ4n) is 2.47. The van der Waals surface area contributed by atoms with E-state index in [4.69, 9.17) is 5.73 Å². The van der Waals surface area contributed by atoms with Crippen molar-refractivity contribution < 1.29 is 13.9 Å². The number of alkyl halides is 2. The zero-order valence-electron chi connectivity index (χ0n) is 10.1. The van der Waals surface area contributed by atoms with Gasteiger partial charge in [0.15, 0.2) is 0 Å². The zero-order valence-corrected chi connectivity index (χ0v) is 10.1. The van der Waals surface area contributed by atoms with Gasteiger partial charge in [-0.25, -0.2) is 8.78 Å². The fourth-order valence-corrected chi connectivity index (χ4v) is 2.47. The highest BCUT2D eigenvalue weighted by atomic mass is 19.3. The van der Waals surface area contributed by atoms with Gasteiger partial charge in [0.25, 0.3) is 6.43 Å². The van der Waals surface area contributed by atoms with E-state index in [0.29, 0.717) is 17.9 Å². The van der Waals surface area contributed by atoms with Crippen molar-refractivity contribution >= 4 is 11.4 Å². The predicted octanol–water partition coefficient (Wildman–Crippen LogP) is 2.42. The summed E-state index contributed by atoms with van der Waals surface area (Å²) in [6.07, 6.45) is -0.664. The molecule has 1 aromatic rings. The van der Waals surface area contributed by atoms with Crippen molar-refractivity contribution in [3.63, 3.8) is 0 Å². The summed E-state index contributed by atoms with van der Waals surface area (Å²) >= 11 is 0. The second kappa shape index (κ2) is 5.52. The van der Waals surface area contributed by atoms with Gasteiger partial charge in [-0.2, -0.15) is 0 Å². The summed E-state index contributed by atoms with van der Waals surface area (Å²) in [6.45, 7) is 1.48. The number of hydrogen-bond donors (Lipinski definition) is 2. The number of nitrogens with two attached hydrogens (primary N) is 1. The smallest absolute Gasteiger partial charge is 0.265 e. The molecule has 1 aromatic carbocycles. The number of aliphatic hydroxyl groups excluding tert-OH is 1. The van der Waals surface area contributed by atoms with Crippen molar-refractivity contribution in [3.05, 3.63) is 23.8 Å². The molecular weight excluding hydrogens is 238 g/mol. The number of benzene rings is 1. The van der Waals surface area contributed by atoms with Crippen molar-refractivity contribution in [3.8, 4) is 0 Å². The lowest BCUT2D eigenvalue weighted by Crippen LogP contribution is -2.37. The molecule has 1 saturated heterocycles. The summed E-state index contributed by atoms with van der Waals surface area (Å²) in [5.41, 5.74) is 6.43. The van der Waals surface area contributed by atoms with E-state index in [-0.39, 0.29) is 18.1 Å². The van der Waals surface area contributed by atoms with Gasteiger partial charge < -0.3 is 15.7 Å². The van der Waals surface area contributed by atoms with Gasteiger partial charge in [-0.1, -0.05) is 0 Å². The molecule has 2 rings (SSSR count). The third-order valence-electron chi connectivity index (χ3n) is 3.40. The van der Waals surface area contributed by atoms with Crippen LogP contribution in [0.2, 0.25) is 0 Å². The van der Waals surface area contributed by atoms with Gasteiger partial charge in [0.1, 0.15) is 0 Å². The molecule has 0 spiro atoms. The Balaban J connectivity index is 2.26. The molecule has 0 aliphatic carbocycles. The molecule has 0 amide bonds. The predicted molar refractivity (Wildman–Crippen MR) is 67.8 cm³/mol. The quantitative estimate of drug-likeness (QED) is 0.816. The fraction of sp³-hybridized carbons (Fsp3) is 0.538. The summed E-state index contributed by atoms with van der Waals surface area (Å²) in [4.78, 5) is 1.92. The molecule has 3 N–H and O–H groups in total. The van der Waals surface area contributed by atoms with Crippen molar-refractivity contribution in [2.45, 2.75) is 19.3 Å². The Morgan fingerprint density at radius 1 is 1.44 bits per heavy atom. The van der Waals surface area contributed by atoms with Gasteiger partial charge in [-0.15, -0.1) is 0 Å². The summed E-state index contributed by atoms with van der Waals surface area (Å²) in [5.74, 6) is 0.168. The Hall–Kier alpha value is -1.36. The summed E-state index contributed by atoms with van der Waals surface area (Å²) in [7, 11) is 0. The molecule has 0 bridgehead atoms. The number of piperidine rings is 1. The minimum Gasteiger partial charge on any atom is -0.399 e. The topological polar surface area (TPSA) is 49.5 Å². The molecule has 0 radical (unpaired) electrons. The Bertz CT molecular complexity index is 412. The Labute approximate surface area is 105 Å². The Morgan fingerprint density at radius 3 is 2.89 bits per heavy atom. The Kier molecular flexibility index (Phi) is 4.01. The highest BCUT2D eigenvalue weighted by Crippen LogP contribution is 2.33. The molecule has 0 saturated carbocycles. The largest absolute Gasteiger partial charge is 0.399 e. The molecule has 5 heteroatoms. The van der Waals surface area contributed by atoms with Gasteiger partial charge in [0, 0.05) is 36.6 Å². The highest BCUT2D eigenvalue weighted by Gasteiger charge is 2.23. The second-order valence-electron chi connectivity index (χ2n) is 4.76. The first-order valence-electron chi connectivity index (χ1n) is 6.15. The van der Waals surface area contributed by atoms with Crippen LogP contribution in [0.25, 0.3) is 0 Å². The maximum atomic E-state index is 13.0. The first kappa shape index (κ1) is 13.1. The number of rotatable bonds is 3. The molecule has 1 unspecified atom stereocenters. The first-order chi connectivity index (χ1) is 8.61. The van der Waals surface area contributed by atoms with E-state index in [1.807, 2.05) is 4.90 Å². The Morgan fingerprint density at radius 2 is 2.22 bits per heavy atom. The highest BCUT2D eigenvalue weighted by molar-refractivity contribution is 5.60. The molecule has 1 fully saturated rings. The minimum atomic E-state index is -2.53. The van der Waals surface area contributed by atoms with E-state index >= 15 is 0 Å². The molecule has 1 atom stereocenters. The van der Waals surface area contributed by atoms with Crippen molar-refractivity contribution in [2.24, 2.45) is 5.92 Å². The minimum absolute atomic E-state index is 0.0198. The lowest BCUT2D eigenvalue weighted by atomic mass is 9.97. The van der Waals surface area contributed by atoms with Gasteiger partial charge in [-0.05, 0) is 37.0 Å². The third-order valence-corrected chi connectivity index (χ3v) is 3.40. The molecule has 1 heterocycles. The van der Waals surface area contributed by atoms with Gasteiger partial charge in [-0.3, -0.25) is 0 Å². The molecule has 18 heavy (non-hydrogen) atoms. The number of halogens is 2. The van der Waals surface area contributed by atoms with Gasteiger partial charge >= 0.3 is 0 Å². The SMILES string of the molecule is Nc1ccc(N2CCCC(CO)C2)c(C(F)F)c1. The lowest BCUT2D eigenvalue weighted by molar-refractivity contribution is 0.151. The van der Waals surface area contributed by atoms with Crippen LogP contribution in [0.3, 0.4) is 0 Å².